The number of hydrogen-bond donors (Lipinski definition) is 3. The maximum absolute atomic E-state index is 12.6. The van der Waals surface area contributed by atoms with Gasteiger partial charge in [0.1, 0.15) is 11.5 Å². The molecule has 0 saturated heterocycles. The molecule has 0 fully saturated rings. The van der Waals surface area contributed by atoms with E-state index in [0.717, 1.165) is 0 Å². The second-order valence-corrected chi connectivity index (χ2v) is 6.65. The first-order chi connectivity index (χ1) is 14.2. The summed E-state index contributed by atoms with van der Waals surface area (Å²) in [7, 11) is 4.67. The summed E-state index contributed by atoms with van der Waals surface area (Å²) in [5.74, 6) is 0.322. The summed E-state index contributed by atoms with van der Waals surface area (Å²) in [6.07, 6.45) is 0. The van der Waals surface area contributed by atoms with Crippen LogP contribution in [0, 0.1) is 10.1 Å². The van der Waals surface area contributed by atoms with Crippen molar-refractivity contribution in [1.29, 1.82) is 0 Å². The highest BCUT2D eigenvalue weighted by Crippen LogP contribution is 2.28. The van der Waals surface area contributed by atoms with Crippen molar-refractivity contribution in [3.8, 4) is 11.5 Å². The van der Waals surface area contributed by atoms with Crippen LogP contribution in [0.4, 0.5) is 17.1 Å². The maximum atomic E-state index is 12.6. The topological polar surface area (TPSA) is 124 Å². The van der Waals surface area contributed by atoms with Crippen LogP contribution >= 0.6 is 0 Å². The molecule has 0 aliphatic carbocycles. The number of carbonyl (C=O) groups excluding carboxylic acids is 2. The molecule has 2 amide bonds. The quantitative estimate of drug-likeness (QED) is 0.414. The fraction of sp³-hybridized carbons (Fsp3) is 0.300. The predicted molar refractivity (Wildman–Crippen MR) is 111 cm³/mol. The molecule has 0 aliphatic heterocycles. The molecule has 160 valence electrons. The Hall–Kier alpha value is -3.66. The summed E-state index contributed by atoms with van der Waals surface area (Å²) in [5, 5.41) is 16.4. The van der Waals surface area contributed by atoms with E-state index >= 15 is 0 Å². The van der Waals surface area contributed by atoms with Crippen molar-refractivity contribution in [2.24, 2.45) is 0 Å². The number of likely N-dealkylation sites (N-methyl/N-ethyl adjacent to an activating group) is 1. The number of amides is 2. The van der Waals surface area contributed by atoms with Gasteiger partial charge in [-0.3, -0.25) is 19.7 Å². The van der Waals surface area contributed by atoms with Crippen LogP contribution in [0.5, 0.6) is 11.5 Å². The van der Waals surface area contributed by atoms with E-state index in [-0.39, 0.29) is 23.8 Å². The molecule has 0 saturated carbocycles. The van der Waals surface area contributed by atoms with Crippen LogP contribution in [-0.4, -0.2) is 50.6 Å². The van der Waals surface area contributed by atoms with E-state index in [2.05, 4.69) is 10.6 Å². The standard InChI is InChI=1S/C20H24N4O6/c1-13(20(26)22-17-11-15(24(27)28)7-10-18(17)30-4)23(2)12-19(25)21-14-5-8-16(29-3)9-6-14/h5-11,13H,12H2,1-4H3,(H,21,25)(H,22,26)/p+1/t13-/m1/s1. The van der Waals surface area contributed by atoms with Crippen LogP contribution in [0.2, 0.25) is 0 Å². The van der Waals surface area contributed by atoms with Crippen LogP contribution in [0.1, 0.15) is 6.92 Å². The number of benzene rings is 2. The highest BCUT2D eigenvalue weighted by atomic mass is 16.6. The van der Waals surface area contributed by atoms with Crippen LogP contribution in [0.15, 0.2) is 42.5 Å². The fourth-order valence-electron chi connectivity index (χ4n) is 2.66. The number of rotatable bonds is 9. The molecule has 2 rings (SSSR count). The van der Waals surface area contributed by atoms with Crippen molar-refractivity contribution in [1.82, 2.24) is 0 Å². The van der Waals surface area contributed by atoms with Gasteiger partial charge in [0, 0.05) is 17.8 Å². The van der Waals surface area contributed by atoms with Crippen LogP contribution < -0.4 is 25.0 Å². The fourth-order valence-corrected chi connectivity index (χ4v) is 2.66. The molecule has 30 heavy (non-hydrogen) atoms. The zero-order valence-corrected chi connectivity index (χ0v) is 17.2. The molecule has 10 heteroatoms. The van der Waals surface area contributed by atoms with Gasteiger partial charge in [0.15, 0.2) is 12.6 Å². The van der Waals surface area contributed by atoms with Crippen molar-refractivity contribution in [2.45, 2.75) is 13.0 Å². The molecule has 2 atom stereocenters. The van der Waals surface area contributed by atoms with Gasteiger partial charge in [-0.15, -0.1) is 0 Å². The Morgan fingerprint density at radius 1 is 1.10 bits per heavy atom. The van der Waals surface area contributed by atoms with Crippen molar-refractivity contribution in [3.63, 3.8) is 0 Å². The average molecular weight is 417 g/mol. The lowest BCUT2D eigenvalue weighted by Gasteiger charge is -2.21. The number of methoxy groups -OCH3 is 2. The molecule has 0 spiro atoms. The van der Waals surface area contributed by atoms with E-state index in [0.29, 0.717) is 22.1 Å². The van der Waals surface area contributed by atoms with Gasteiger partial charge < -0.3 is 25.0 Å². The average Bonchev–Trinajstić information content (AvgIpc) is 2.73. The van der Waals surface area contributed by atoms with Crippen molar-refractivity contribution in [3.05, 3.63) is 52.6 Å². The summed E-state index contributed by atoms with van der Waals surface area (Å²) in [5.41, 5.74) is 0.643. The molecule has 1 unspecified atom stereocenters. The lowest BCUT2D eigenvalue weighted by atomic mass is 10.2. The number of ether oxygens (including phenoxy) is 2. The van der Waals surface area contributed by atoms with Gasteiger partial charge in [-0.2, -0.15) is 0 Å². The molecule has 2 aromatic carbocycles. The largest absolute Gasteiger partial charge is 0.497 e. The molecule has 0 radical (unpaired) electrons. The van der Waals surface area contributed by atoms with Gasteiger partial charge in [0.05, 0.1) is 31.9 Å². The summed E-state index contributed by atoms with van der Waals surface area (Å²) in [6, 6.07) is 10.2. The van der Waals surface area contributed by atoms with Gasteiger partial charge in [-0.05, 0) is 37.3 Å². The minimum absolute atomic E-state index is 0.0483. The number of nitrogens with zero attached hydrogens (tertiary/aromatic N) is 1. The maximum Gasteiger partial charge on any atom is 0.282 e. The van der Waals surface area contributed by atoms with Crippen LogP contribution in [0.3, 0.4) is 0 Å². The van der Waals surface area contributed by atoms with E-state index in [1.165, 1.54) is 25.3 Å². The number of anilines is 2. The number of nitro benzene ring substituents is 1. The monoisotopic (exact) mass is 417 g/mol. The first-order valence-electron chi connectivity index (χ1n) is 9.14. The number of quaternary nitrogens is 1. The Labute approximate surface area is 173 Å². The second kappa shape index (κ2) is 10.2. The minimum atomic E-state index is -0.601. The summed E-state index contributed by atoms with van der Waals surface area (Å²) in [4.78, 5) is 36.0. The van der Waals surface area contributed by atoms with Crippen molar-refractivity contribution in [2.75, 3.05) is 38.4 Å². The Kier molecular flexibility index (Phi) is 7.70. The van der Waals surface area contributed by atoms with E-state index in [1.54, 1.807) is 45.3 Å². The second-order valence-electron chi connectivity index (χ2n) is 6.65. The zero-order chi connectivity index (χ0) is 22.3. The highest BCUT2D eigenvalue weighted by molar-refractivity contribution is 5.96. The molecule has 0 bridgehead atoms. The molecule has 10 nitrogen and oxygen atoms in total. The van der Waals surface area contributed by atoms with Gasteiger partial charge in [0.25, 0.3) is 17.5 Å². The normalized spacial score (nSPS) is 12.4. The van der Waals surface area contributed by atoms with Crippen molar-refractivity contribution >= 4 is 28.9 Å². The molecule has 3 N–H and O–H groups in total. The van der Waals surface area contributed by atoms with Gasteiger partial charge in [-0.1, -0.05) is 0 Å². The number of nitro groups is 1. The first-order valence-corrected chi connectivity index (χ1v) is 9.14. The van der Waals surface area contributed by atoms with Gasteiger partial charge >= 0.3 is 0 Å². The summed E-state index contributed by atoms with van der Waals surface area (Å²) in [6.45, 7) is 1.71. The van der Waals surface area contributed by atoms with Crippen LogP contribution in [-0.2, 0) is 9.59 Å². The number of non-ortho nitro benzene ring substituents is 1. The molecule has 0 aromatic heterocycles. The van der Waals surface area contributed by atoms with Gasteiger partial charge in [-0.25, -0.2) is 0 Å². The van der Waals surface area contributed by atoms with Crippen molar-refractivity contribution < 1.29 is 28.9 Å². The Morgan fingerprint density at radius 3 is 2.33 bits per heavy atom. The van der Waals surface area contributed by atoms with E-state index < -0.39 is 16.9 Å². The number of nitrogens with one attached hydrogen (secondary N) is 3. The molecular formula is C20H25N4O6+. The lowest BCUT2D eigenvalue weighted by molar-refractivity contribution is -0.885. The molecular weight excluding hydrogens is 392 g/mol. The number of carbonyl (C=O) groups is 2. The Balaban J connectivity index is 1.98. The summed E-state index contributed by atoms with van der Waals surface area (Å²) >= 11 is 0. The third-order valence-electron chi connectivity index (χ3n) is 4.60. The Bertz CT molecular complexity index is 916. The van der Waals surface area contributed by atoms with Gasteiger partial charge in [0.2, 0.25) is 0 Å². The smallest absolute Gasteiger partial charge is 0.282 e. The first kappa shape index (κ1) is 22.6. The zero-order valence-electron chi connectivity index (χ0n) is 17.2. The molecule has 0 aliphatic rings. The molecule has 2 aromatic rings. The SMILES string of the molecule is COc1ccc(NC(=O)C[NH+](C)[C@H](C)C(=O)Nc2cc([N+](=O)[O-])ccc2OC)cc1. The molecule has 0 heterocycles. The Morgan fingerprint density at radius 2 is 1.77 bits per heavy atom. The third-order valence-corrected chi connectivity index (χ3v) is 4.60. The van der Waals surface area contributed by atoms with E-state index in [9.17, 15) is 19.7 Å². The minimum Gasteiger partial charge on any atom is -0.497 e. The third kappa shape index (κ3) is 5.92. The predicted octanol–water partition coefficient (Wildman–Crippen LogP) is 1.09. The highest BCUT2D eigenvalue weighted by Gasteiger charge is 2.25. The lowest BCUT2D eigenvalue weighted by Crippen LogP contribution is -3.14. The van der Waals surface area contributed by atoms with Crippen LogP contribution in [0.25, 0.3) is 0 Å². The summed E-state index contributed by atoms with van der Waals surface area (Å²) < 4.78 is 10.2. The van der Waals surface area contributed by atoms with E-state index in [4.69, 9.17) is 9.47 Å². The van der Waals surface area contributed by atoms with E-state index in [1.807, 2.05) is 0 Å². The number of hydrogen-bond acceptors (Lipinski definition) is 6.